The van der Waals surface area contributed by atoms with Crippen molar-refractivity contribution in [2.75, 3.05) is 26.2 Å². The Balaban J connectivity index is 0.00000242. The fraction of sp³-hybridized carbons (Fsp3) is 0.562. The van der Waals surface area contributed by atoms with Gasteiger partial charge in [0.2, 0.25) is 5.91 Å². The molecule has 1 amide bonds. The summed E-state index contributed by atoms with van der Waals surface area (Å²) < 4.78 is 13.2. The maximum Gasteiger partial charge on any atom is 0.239 e. The second-order valence-electron chi connectivity index (χ2n) is 6.00. The van der Waals surface area contributed by atoms with Crippen LogP contribution in [0.25, 0.3) is 0 Å². The minimum Gasteiger partial charge on any atom is -0.339 e. The fourth-order valence-corrected chi connectivity index (χ4v) is 2.52. The van der Waals surface area contributed by atoms with Crippen LogP contribution in [0, 0.1) is 11.7 Å². The number of hydrogen-bond acceptors (Lipinski definition) is 3. The van der Waals surface area contributed by atoms with E-state index in [4.69, 9.17) is 5.73 Å². The number of piperazine rings is 1. The van der Waals surface area contributed by atoms with Gasteiger partial charge in [0.1, 0.15) is 5.82 Å². The van der Waals surface area contributed by atoms with Gasteiger partial charge < -0.3 is 10.6 Å². The predicted octanol–water partition coefficient (Wildman–Crippen LogP) is 1.88. The van der Waals surface area contributed by atoms with Gasteiger partial charge in [-0.3, -0.25) is 9.69 Å². The highest BCUT2D eigenvalue weighted by molar-refractivity contribution is 5.85. The zero-order valence-corrected chi connectivity index (χ0v) is 14.0. The molecule has 0 spiro atoms. The van der Waals surface area contributed by atoms with Crippen LogP contribution in [0.3, 0.4) is 0 Å². The first-order valence-electron chi connectivity index (χ1n) is 7.48. The molecule has 1 aromatic carbocycles. The summed E-state index contributed by atoms with van der Waals surface area (Å²) in [6.45, 7) is 7.62. The molecule has 0 aromatic heterocycles. The first-order chi connectivity index (χ1) is 9.97. The molecular formula is C16H25ClFN3O. The largest absolute Gasteiger partial charge is 0.339 e. The molecule has 1 aromatic rings. The van der Waals surface area contributed by atoms with Crippen LogP contribution >= 0.6 is 12.4 Å². The van der Waals surface area contributed by atoms with Crippen molar-refractivity contribution in [2.24, 2.45) is 11.7 Å². The van der Waals surface area contributed by atoms with Crippen molar-refractivity contribution in [3.05, 3.63) is 35.6 Å². The van der Waals surface area contributed by atoms with E-state index >= 15 is 0 Å². The number of amides is 1. The molecular weight excluding hydrogens is 305 g/mol. The molecule has 2 rings (SSSR count). The maximum atomic E-state index is 13.2. The second kappa shape index (κ2) is 8.46. The molecule has 22 heavy (non-hydrogen) atoms. The topological polar surface area (TPSA) is 49.6 Å². The molecule has 1 saturated heterocycles. The first kappa shape index (κ1) is 18.9. The number of nitrogens with two attached hydrogens (primary N) is 1. The smallest absolute Gasteiger partial charge is 0.239 e. The number of benzene rings is 1. The lowest BCUT2D eigenvalue weighted by Gasteiger charge is -2.36. The Kier molecular flexibility index (Phi) is 7.26. The lowest BCUT2D eigenvalue weighted by atomic mass is 10.0. The van der Waals surface area contributed by atoms with Crippen molar-refractivity contribution in [1.82, 2.24) is 9.80 Å². The minimum absolute atomic E-state index is 0. The lowest BCUT2D eigenvalue weighted by molar-refractivity contribution is -0.135. The molecule has 0 aliphatic carbocycles. The highest BCUT2D eigenvalue weighted by Gasteiger charge is 2.26. The first-order valence-corrected chi connectivity index (χ1v) is 7.48. The van der Waals surface area contributed by atoms with E-state index in [0.29, 0.717) is 13.1 Å². The summed E-state index contributed by atoms with van der Waals surface area (Å²) in [7, 11) is 0. The van der Waals surface area contributed by atoms with E-state index in [1.807, 2.05) is 24.8 Å². The quantitative estimate of drug-likeness (QED) is 0.917. The number of nitrogens with zero attached hydrogens (tertiary/aromatic N) is 2. The SMILES string of the molecule is CC(C)[C@H](N)C(=O)N1CCN(Cc2cccc(F)c2)CC1.Cl. The minimum atomic E-state index is -0.417. The van der Waals surface area contributed by atoms with Gasteiger partial charge in [0.15, 0.2) is 0 Å². The number of rotatable bonds is 4. The van der Waals surface area contributed by atoms with E-state index in [2.05, 4.69) is 4.90 Å². The van der Waals surface area contributed by atoms with Crippen molar-refractivity contribution in [1.29, 1.82) is 0 Å². The molecule has 1 fully saturated rings. The Bertz CT molecular complexity index is 490. The Morgan fingerprint density at radius 3 is 2.45 bits per heavy atom. The van der Waals surface area contributed by atoms with E-state index in [1.165, 1.54) is 6.07 Å². The van der Waals surface area contributed by atoms with Gasteiger partial charge in [-0.2, -0.15) is 0 Å². The third-order valence-corrected chi connectivity index (χ3v) is 3.98. The Morgan fingerprint density at radius 2 is 1.91 bits per heavy atom. The molecule has 0 bridgehead atoms. The van der Waals surface area contributed by atoms with Crippen molar-refractivity contribution in [3.8, 4) is 0 Å². The molecule has 0 saturated carbocycles. The van der Waals surface area contributed by atoms with Crippen LogP contribution in [0.4, 0.5) is 4.39 Å². The van der Waals surface area contributed by atoms with Gasteiger partial charge in [0, 0.05) is 32.7 Å². The second-order valence-corrected chi connectivity index (χ2v) is 6.00. The van der Waals surface area contributed by atoms with Crippen LogP contribution in [-0.2, 0) is 11.3 Å². The van der Waals surface area contributed by atoms with Crippen LogP contribution in [0.5, 0.6) is 0 Å². The predicted molar refractivity (Wildman–Crippen MR) is 88.3 cm³/mol. The number of carbonyl (C=O) groups is 1. The van der Waals surface area contributed by atoms with Gasteiger partial charge in [0.25, 0.3) is 0 Å². The van der Waals surface area contributed by atoms with Gasteiger partial charge >= 0.3 is 0 Å². The Labute approximate surface area is 137 Å². The fourth-order valence-electron chi connectivity index (χ4n) is 2.52. The van der Waals surface area contributed by atoms with Crippen LogP contribution in [-0.4, -0.2) is 47.9 Å². The third-order valence-electron chi connectivity index (χ3n) is 3.98. The Hall–Kier alpha value is -1.17. The summed E-state index contributed by atoms with van der Waals surface area (Å²) in [6.07, 6.45) is 0. The standard InChI is InChI=1S/C16H24FN3O.ClH/c1-12(2)15(18)16(21)20-8-6-19(7-9-20)11-13-4-3-5-14(17)10-13;/h3-5,10,12,15H,6-9,11,18H2,1-2H3;1H/t15-;/m0./s1. The molecule has 1 atom stereocenters. The average molecular weight is 330 g/mol. The average Bonchev–Trinajstić information content (AvgIpc) is 2.46. The molecule has 0 unspecified atom stereocenters. The highest BCUT2D eigenvalue weighted by Crippen LogP contribution is 2.12. The molecule has 6 heteroatoms. The van der Waals surface area contributed by atoms with Gasteiger partial charge in [-0.1, -0.05) is 26.0 Å². The number of hydrogen-bond donors (Lipinski definition) is 1. The number of halogens is 2. The molecule has 0 radical (unpaired) electrons. The number of carbonyl (C=O) groups excluding carboxylic acids is 1. The van der Waals surface area contributed by atoms with Crippen LogP contribution in [0.2, 0.25) is 0 Å². The van der Waals surface area contributed by atoms with Gasteiger partial charge in [0.05, 0.1) is 6.04 Å². The van der Waals surface area contributed by atoms with Crippen molar-refractivity contribution < 1.29 is 9.18 Å². The maximum absolute atomic E-state index is 13.2. The zero-order valence-electron chi connectivity index (χ0n) is 13.2. The lowest BCUT2D eigenvalue weighted by Crippen LogP contribution is -2.54. The van der Waals surface area contributed by atoms with E-state index in [9.17, 15) is 9.18 Å². The Morgan fingerprint density at radius 1 is 1.27 bits per heavy atom. The zero-order chi connectivity index (χ0) is 15.4. The van der Waals surface area contributed by atoms with Gasteiger partial charge in [-0.15, -0.1) is 12.4 Å². The van der Waals surface area contributed by atoms with E-state index in [-0.39, 0.29) is 30.0 Å². The summed E-state index contributed by atoms with van der Waals surface area (Å²) in [4.78, 5) is 16.3. The van der Waals surface area contributed by atoms with Crippen LogP contribution in [0.1, 0.15) is 19.4 Å². The third kappa shape index (κ3) is 4.93. The van der Waals surface area contributed by atoms with Gasteiger partial charge in [-0.25, -0.2) is 4.39 Å². The van der Waals surface area contributed by atoms with Crippen LogP contribution < -0.4 is 5.73 Å². The monoisotopic (exact) mass is 329 g/mol. The molecule has 4 nitrogen and oxygen atoms in total. The van der Waals surface area contributed by atoms with Gasteiger partial charge in [-0.05, 0) is 23.6 Å². The van der Waals surface area contributed by atoms with E-state index < -0.39 is 6.04 Å². The van der Waals surface area contributed by atoms with Crippen LogP contribution in [0.15, 0.2) is 24.3 Å². The summed E-state index contributed by atoms with van der Waals surface area (Å²) in [5.74, 6) is -0.0116. The molecule has 1 aliphatic rings. The summed E-state index contributed by atoms with van der Waals surface area (Å²) >= 11 is 0. The van der Waals surface area contributed by atoms with E-state index in [0.717, 1.165) is 25.2 Å². The van der Waals surface area contributed by atoms with E-state index in [1.54, 1.807) is 12.1 Å². The molecule has 1 aliphatic heterocycles. The summed E-state index contributed by atoms with van der Waals surface area (Å²) in [5, 5.41) is 0. The van der Waals surface area contributed by atoms with Crippen molar-refractivity contribution >= 4 is 18.3 Å². The van der Waals surface area contributed by atoms with Crippen molar-refractivity contribution in [3.63, 3.8) is 0 Å². The molecule has 124 valence electrons. The normalized spacial score (nSPS) is 17.2. The molecule has 1 heterocycles. The molecule has 2 N–H and O–H groups in total. The summed E-state index contributed by atoms with van der Waals surface area (Å²) in [5.41, 5.74) is 6.89. The van der Waals surface area contributed by atoms with Crippen molar-refractivity contribution in [2.45, 2.75) is 26.4 Å². The summed E-state index contributed by atoms with van der Waals surface area (Å²) in [6, 6.07) is 6.25. The highest BCUT2D eigenvalue weighted by atomic mass is 35.5.